The topological polar surface area (TPSA) is 37.3 Å². The molecule has 0 saturated heterocycles. The molecule has 0 heterocycles. The number of hydrogen-bond acceptors (Lipinski definition) is 1. The molecule has 0 fully saturated rings. The van der Waals surface area contributed by atoms with Crippen molar-refractivity contribution < 1.29 is 36.2 Å². The van der Waals surface area contributed by atoms with Gasteiger partial charge in [0.1, 0.15) is 0 Å². The normalized spacial score (nSPS) is 12.6. The Morgan fingerprint density at radius 3 is 1.39 bits per heavy atom. The predicted molar refractivity (Wildman–Crippen MR) is 91.4 cm³/mol. The Kier molecular flexibility index (Phi) is 6.01. The number of rotatable bonds is 4. The molecule has 0 amide bonds. The molecule has 0 aromatic heterocycles. The Hall–Kier alpha value is -3.03. The van der Waals surface area contributed by atoms with Crippen LogP contribution in [0.25, 0.3) is 5.57 Å². The van der Waals surface area contributed by atoms with Crippen LogP contribution in [0.3, 0.4) is 0 Å². The molecule has 28 heavy (non-hydrogen) atoms. The van der Waals surface area contributed by atoms with Gasteiger partial charge in [-0.15, -0.1) is 0 Å². The number of carboxylic acid groups (broad SMARTS) is 1. The van der Waals surface area contributed by atoms with Crippen molar-refractivity contribution in [2.75, 3.05) is 0 Å². The molecule has 0 saturated carbocycles. The molecule has 148 valence electrons. The smallest absolute Gasteiger partial charge is 0.416 e. The van der Waals surface area contributed by atoms with Crippen LogP contribution in [0, 0.1) is 0 Å². The molecule has 2 rings (SSSR count). The summed E-state index contributed by atoms with van der Waals surface area (Å²) in [6.45, 7) is 1.46. The van der Waals surface area contributed by atoms with Gasteiger partial charge in [0.05, 0.1) is 11.1 Å². The molecule has 2 aromatic carbocycles. The van der Waals surface area contributed by atoms with Crippen molar-refractivity contribution in [2.24, 2.45) is 0 Å². The second-order valence-corrected chi connectivity index (χ2v) is 5.93. The zero-order chi connectivity index (χ0) is 21.1. The third-order valence-electron chi connectivity index (χ3n) is 3.77. The fourth-order valence-electron chi connectivity index (χ4n) is 2.47. The lowest BCUT2D eigenvalue weighted by atomic mass is 9.94. The van der Waals surface area contributed by atoms with Gasteiger partial charge in [0.25, 0.3) is 0 Å². The van der Waals surface area contributed by atoms with Crippen molar-refractivity contribution in [1.29, 1.82) is 0 Å². The number of alkyl halides is 6. The average molecular weight is 400 g/mol. The van der Waals surface area contributed by atoms with Crippen LogP contribution in [0.1, 0.15) is 29.2 Å². The van der Waals surface area contributed by atoms with Crippen LogP contribution in [0.4, 0.5) is 26.3 Å². The molecule has 8 heteroatoms. The van der Waals surface area contributed by atoms with E-state index >= 15 is 0 Å². The molecule has 0 bridgehead atoms. The highest BCUT2D eigenvalue weighted by molar-refractivity contribution is 5.85. The van der Waals surface area contributed by atoms with Crippen molar-refractivity contribution in [2.45, 2.75) is 19.3 Å². The molecule has 0 atom stereocenters. The lowest BCUT2D eigenvalue weighted by molar-refractivity contribution is -0.138. The second-order valence-electron chi connectivity index (χ2n) is 5.93. The molecular formula is C20H14F6O2. The van der Waals surface area contributed by atoms with Gasteiger partial charge >= 0.3 is 18.3 Å². The van der Waals surface area contributed by atoms with Gasteiger partial charge in [0, 0.05) is 6.08 Å². The number of allylic oxidation sites excluding steroid dienone is 2. The second kappa shape index (κ2) is 7.92. The van der Waals surface area contributed by atoms with Crippen LogP contribution >= 0.6 is 0 Å². The molecule has 0 aliphatic rings. The summed E-state index contributed by atoms with van der Waals surface area (Å²) in [5.41, 5.74) is -0.599. The zero-order valence-electron chi connectivity index (χ0n) is 14.4. The molecular weight excluding hydrogens is 386 g/mol. The first-order chi connectivity index (χ1) is 12.9. The molecule has 1 N–H and O–H groups in total. The van der Waals surface area contributed by atoms with E-state index in [-0.39, 0.29) is 11.1 Å². The average Bonchev–Trinajstić information content (AvgIpc) is 2.58. The summed E-state index contributed by atoms with van der Waals surface area (Å²) in [4.78, 5) is 10.8. The number of aliphatic carboxylic acids is 1. The predicted octanol–water partition coefficient (Wildman–Crippen LogP) is 6.19. The van der Waals surface area contributed by atoms with Crippen molar-refractivity contribution in [3.05, 3.63) is 88.5 Å². The maximum absolute atomic E-state index is 12.8. The van der Waals surface area contributed by atoms with Crippen molar-refractivity contribution in [3.8, 4) is 0 Å². The lowest BCUT2D eigenvalue weighted by Crippen LogP contribution is -2.05. The van der Waals surface area contributed by atoms with Gasteiger partial charge < -0.3 is 5.11 Å². The number of carboxylic acids is 1. The SMILES string of the molecule is C/C(C=C(c1ccc(C(F)(F)F)cc1)c1ccc(C(F)(F)F)cc1)=C\C(=O)O. The van der Waals surface area contributed by atoms with Crippen LogP contribution in [0.15, 0.2) is 66.3 Å². The summed E-state index contributed by atoms with van der Waals surface area (Å²) in [7, 11) is 0. The molecule has 0 aliphatic heterocycles. The van der Waals surface area contributed by atoms with Crippen molar-refractivity contribution >= 4 is 11.5 Å². The van der Waals surface area contributed by atoms with Gasteiger partial charge in [-0.3, -0.25) is 0 Å². The molecule has 2 nitrogen and oxygen atoms in total. The van der Waals surface area contributed by atoms with E-state index in [9.17, 15) is 31.1 Å². The Morgan fingerprint density at radius 1 is 0.750 bits per heavy atom. The van der Waals surface area contributed by atoms with E-state index in [4.69, 9.17) is 5.11 Å². The fourth-order valence-corrected chi connectivity index (χ4v) is 2.47. The first kappa shape index (κ1) is 21.3. The number of carbonyl (C=O) groups is 1. The van der Waals surface area contributed by atoms with E-state index in [1.54, 1.807) is 0 Å². The summed E-state index contributed by atoms with van der Waals surface area (Å²) in [6.07, 6.45) is -6.79. The minimum absolute atomic E-state index is 0.266. The van der Waals surface area contributed by atoms with Gasteiger partial charge in [0.2, 0.25) is 0 Å². The van der Waals surface area contributed by atoms with Gasteiger partial charge in [-0.2, -0.15) is 26.3 Å². The highest BCUT2D eigenvalue weighted by atomic mass is 19.4. The van der Waals surface area contributed by atoms with E-state index in [0.717, 1.165) is 30.3 Å². The van der Waals surface area contributed by atoms with Gasteiger partial charge in [-0.1, -0.05) is 30.3 Å². The summed E-state index contributed by atoms with van der Waals surface area (Å²) >= 11 is 0. The van der Waals surface area contributed by atoms with Crippen molar-refractivity contribution in [3.63, 3.8) is 0 Å². The maximum Gasteiger partial charge on any atom is 0.416 e. The van der Waals surface area contributed by atoms with Crippen LogP contribution in [-0.4, -0.2) is 11.1 Å². The van der Waals surface area contributed by atoms with Crippen LogP contribution in [0.5, 0.6) is 0 Å². The van der Waals surface area contributed by atoms with E-state index in [1.165, 1.54) is 37.3 Å². The Bertz CT molecular complexity index is 842. The van der Waals surface area contributed by atoms with Gasteiger partial charge in [-0.05, 0) is 53.5 Å². The fraction of sp³-hybridized carbons (Fsp3) is 0.150. The van der Waals surface area contributed by atoms with Crippen LogP contribution in [-0.2, 0) is 17.1 Å². The third kappa shape index (κ3) is 5.48. The summed E-state index contributed by atoms with van der Waals surface area (Å²) in [5.74, 6) is -1.23. The van der Waals surface area contributed by atoms with Crippen LogP contribution in [0.2, 0.25) is 0 Å². The monoisotopic (exact) mass is 400 g/mol. The van der Waals surface area contributed by atoms with Crippen molar-refractivity contribution in [1.82, 2.24) is 0 Å². The first-order valence-electron chi connectivity index (χ1n) is 7.86. The lowest BCUT2D eigenvalue weighted by Gasteiger charge is -2.13. The molecule has 2 aromatic rings. The largest absolute Gasteiger partial charge is 0.478 e. The zero-order valence-corrected chi connectivity index (χ0v) is 14.4. The summed E-state index contributed by atoms with van der Waals surface area (Å²) in [6, 6.07) is 8.13. The summed E-state index contributed by atoms with van der Waals surface area (Å²) in [5, 5.41) is 8.83. The van der Waals surface area contributed by atoms with E-state index in [1.807, 2.05) is 0 Å². The Balaban J connectivity index is 2.55. The number of hydrogen-bond donors (Lipinski definition) is 1. The maximum atomic E-state index is 12.8. The number of halogens is 6. The summed E-state index contributed by atoms with van der Waals surface area (Å²) < 4.78 is 76.5. The van der Waals surface area contributed by atoms with Gasteiger partial charge in [0.15, 0.2) is 0 Å². The standard InChI is InChI=1S/C20H14F6O2/c1-12(11-18(27)28)10-17(13-2-6-15(7-3-13)19(21,22)23)14-4-8-16(9-5-14)20(24,25)26/h2-11H,1H3,(H,27,28)/b12-11+. The molecule has 0 unspecified atom stereocenters. The highest BCUT2D eigenvalue weighted by Gasteiger charge is 2.31. The minimum Gasteiger partial charge on any atom is -0.478 e. The molecule has 0 radical (unpaired) electrons. The van der Waals surface area contributed by atoms with E-state index in [0.29, 0.717) is 11.1 Å². The van der Waals surface area contributed by atoms with E-state index < -0.39 is 29.4 Å². The number of benzene rings is 2. The Morgan fingerprint density at radius 2 is 1.11 bits per heavy atom. The van der Waals surface area contributed by atoms with Gasteiger partial charge in [-0.25, -0.2) is 4.79 Å². The molecule has 0 aliphatic carbocycles. The third-order valence-corrected chi connectivity index (χ3v) is 3.77. The quantitative estimate of drug-likeness (QED) is 0.378. The van der Waals surface area contributed by atoms with Crippen LogP contribution < -0.4 is 0 Å². The van der Waals surface area contributed by atoms with E-state index in [2.05, 4.69) is 0 Å². The molecule has 0 spiro atoms. The minimum atomic E-state index is -4.53. The first-order valence-corrected chi connectivity index (χ1v) is 7.86. The Labute approximate surface area is 156 Å². The highest BCUT2D eigenvalue weighted by Crippen LogP contribution is 2.34.